The first kappa shape index (κ1) is 15.8. The lowest BCUT2D eigenvalue weighted by atomic mass is 9.93. The SMILES string of the molecule is NCCCN(C(=O)CCC1CCCC1)C1CCCCC1. The number of amides is 1. The summed E-state index contributed by atoms with van der Waals surface area (Å²) in [5, 5.41) is 0. The summed E-state index contributed by atoms with van der Waals surface area (Å²) in [4.78, 5) is 14.8. The van der Waals surface area contributed by atoms with E-state index in [0.29, 0.717) is 18.5 Å². The molecule has 116 valence electrons. The third-order valence-electron chi connectivity index (χ3n) is 5.18. The smallest absolute Gasteiger partial charge is 0.222 e. The first-order valence-electron chi connectivity index (χ1n) is 8.81. The number of hydrogen-bond donors (Lipinski definition) is 1. The normalized spacial score (nSPS) is 21.2. The maximum atomic E-state index is 12.6. The van der Waals surface area contributed by atoms with Crippen LogP contribution >= 0.6 is 0 Å². The summed E-state index contributed by atoms with van der Waals surface area (Å²) in [6.07, 6.45) is 14.6. The molecule has 0 radical (unpaired) electrons. The van der Waals surface area contributed by atoms with Gasteiger partial charge in [0.1, 0.15) is 0 Å². The number of rotatable bonds is 7. The Morgan fingerprint density at radius 1 is 1.00 bits per heavy atom. The Balaban J connectivity index is 1.81. The quantitative estimate of drug-likeness (QED) is 0.776. The van der Waals surface area contributed by atoms with Gasteiger partial charge in [0.25, 0.3) is 0 Å². The molecule has 3 nitrogen and oxygen atoms in total. The topological polar surface area (TPSA) is 46.3 Å². The Bertz CT molecular complexity index is 281. The average Bonchev–Trinajstić information content (AvgIpc) is 3.00. The zero-order valence-electron chi connectivity index (χ0n) is 13.0. The molecule has 2 saturated carbocycles. The van der Waals surface area contributed by atoms with Crippen LogP contribution in [-0.2, 0) is 4.79 Å². The van der Waals surface area contributed by atoms with Crippen LogP contribution in [0.2, 0.25) is 0 Å². The van der Waals surface area contributed by atoms with Gasteiger partial charge in [0.15, 0.2) is 0 Å². The van der Waals surface area contributed by atoms with Crippen molar-refractivity contribution in [3.8, 4) is 0 Å². The minimum absolute atomic E-state index is 0.400. The van der Waals surface area contributed by atoms with Crippen LogP contribution in [0.25, 0.3) is 0 Å². The number of carbonyl (C=O) groups is 1. The molecule has 2 N–H and O–H groups in total. The maximum absolute atomic E-state index is 12.6. The van der Waals surface area contributed by atoms with E-state index >= 15 is 0 Å². The minimum Gasteiger partial charge on any atom is -0.340 e. The van der Waals surface area contributed by atoms with Gasteiger partial charge in [-0.1, -0.05) is 44.9 Å². The Kier molecular flexibility index (Phi) is 6.85. The molecule has 2 aliphatic rings. The molecule has 1 amide bonds. The first-order chi connectivity index (χ1) is 9.81. The molecule has 2 fully saturated rings. The van der Waals surface area contributed by atoms with Gasteiger partial charge in [-0.2, -0.15) is 0 Å². The van der Waals surface area contributed by atoms with Crippen molar-refractivity contribution in [2.75, 3.05) is 13.1 Å². The molecule has 0 atom stereocenters. The zero-order valence-corrected chi connectivity index (χ0v) is 13.0. The van der Waals surface area contributed by atoms with Gasteiger partial charge in [0.2, 0.25) is 5.91 Å². The maximum Gasteiger partial charge on any atom is 0.222 e. The molecule has 0 aromatic heterocycles. The van der Waals surface area contributed by atoms with Crippen LogP contribution in [0.5, 0.6) is 0 Å². The van der Waals surface area contributed by atoms with Crippen LogP contribution in [0.3, 0.4) is 0 Å². The van der Waals surface area contributed by atoms with Crippen molar-refractivity contribution in [2.45, 2.75) is 83.1 Å². The molecule has 0 unspecified atom stereocenters. The van der Waals surface area contributed by atoms with Gasteiger partial charge in [0.05, 0.1) is 0 Å². The Labute approximate surface area is 124 Å². The highest BCUT2D eigenvalue weighted by Gasteiger charge is 2.25. The van der Waals surface area contributed by atoms with E-state index in [0.717, 1.165) is 31.7 Å². The van der Waals surface area contributed by atoms with Gasteiger partial charge in [-0.25, -0.2) is 0 Å². The summed E-state index contributed by atoms with van der Waals surface area (Å²) in [5.41, 5.74) is 5.64. The number of nitrogens with two attached hydrogens (primary N) is 1. The molecular weight excluding hydrogens is 248 g/mol. The van der Waals surface area contributed by atoms with Crippen LogP contribution in [0.1, 0.15) is 77.0 Å². The Hall–Kier alpha value is -0.570. The largest absolute Gasteiger partial charge is 0.340 e. The van der Waals surface area contributed by atoms with Crippen molar-refractivity contribution in [2.24, 2.45) is 11.7 Å². The van der Waals surface area contributed by atoms with E-state index in [-0.39, 0.29) is 0 Å². The first-order valence-corrected chi connectivity index (χ1v) is 8.81. The van der Waals surface area contributed by atoms with E-state index in [9.17, 15) is 4.79 Å². The highest BCUT2D eigenvalue weighted by molar-refractivity contribution is 5.76. The molecule has 0 saturated heterocycles. The minimum atomic E-state index is 0.400. The molecule has 0 spiro atoms. The predicted molar refractivity (Wildman–Crippen MR) is 83.4 cm³/mol. The molecule has 0 aromatic rings. The monoisotopic (exact) mass is 280 g/mol. The second-order valence-electron chi connectivity index (χ2n) is 6.71. The van der Waals surface area contributed by atoms with Crippen LogP contribution in [-0.4, -0.2) is 29.9 Å². The fourth-order valence-corrected chi connectivity index (χ4v) is 3.94. The summed E-state index contributed by atoms with van der Waals surface area (Å²) >= 11 is 0. The highest BCUT2D eigenvalue weighted by atomic mass is 16.2. The van der Waals surface area contributed by atoms with E-state index < -0.39 is 0 Å². The van der Waals surface area contributed by atoms with E-state index in [1.54, 1.807) is 0 Å². The van der Waals surface area contributed by atoms with E-state index in [1.807, 2.05) is 0 Å². The predicted octanol–water partition coefficient (Wildman–Crippen LogP) is 3.47. The zero-order chi connectivity index (χ0) is 14.2. The lowest BCUT2D eigenvalue weighted by Gasteiger charge is -2.34. The highest BCUT2D eigenvalue weighted by Crippen LogP contribution is 2.29. The molecule has 0 bridgehead atoms. The summed E-state index contributed by atoms with van der Waals surface area (Å²) in [6, 6.07) is 0.506. The van der Waals surface area contributed by atoms with Gasteiger partial charge in [-0.3, -0.25) is 4.79 Å². The third kappa shape index (κ3) is 4.76. The average molecular weight is 280 g/mol. The molecule has 2 aliphatic carbocycles. The second kappa shape index (κ2) is 8.66. The number of carbonyl (C=O) groups excluding carboxylic acids is 1. The summed E-state index contributed by atoms with van der Waals surface area (Å²) in [6.45, 7) is 1.57. The molecule has 3 heteroatoms. The van der Waals surface area contributed by atoms with Crippen LogP contribution in [0.4, 0.5) is 0 Å². The van der Waals surface area contributed by atoms with Crippen molar-refractivity contribution in [1.29, 1.82) is 0 Å². The van der Waals surface area contributed by atoms with Crippen molar-refractivity contribution in [1.82, 2.24) is 4.90 Å². The van der Waals surface area contributed by atoms with Gasteiger partial charge in [-0.15, -0.1) is 0 Å². The number of hydrogen-bond acceptors (Lipinski definition) is 2. The van der Waals surface area contributed by atoms with Crippen molar-refractivity contribution in [3.05, 3.63) is 0 Å². The van der Waals surface area contributed by atoms with Crippen LogP contribution in [0.15, 0.2) is 0 Å². The van der Waals surface area contributed by atoms with Gasteiger partial charge >= 0.3 is 0 Å². The van der Waals surface area contributed by atoms with Crippen molar-refractivity contribution < 1.29 is 4.79 Å². The van der Waals surface area contributed by atoms with Crippen LogP contribution in [0, 0.1) is 5.92 Å². The van der Waals surface area contributed by atoms with Crippen molar-refractivity contribution >= 4 is 5.91 Å². The molecule has 20 heavy (non-hydrogen) atoms. The molecule has 0 aromatic carbocycles. The number of nitrogens with zero attached hydrogens (tertiary/aromatic N) is 1. The fraction of sp³-hybridized carbons (Fsp3) is 0.941. The fourth-order valence-electron chi connectivity index (χ4n) is 3.94. The molecule has 0 heterocycles. The second-order valence-corrected chi connectivity index (χ2v) is 6.71. The Morgan fingerprint density at radius 2 is 1.65 bits per heavy atom. The van der Waals surface area contributed by atoms with Gasteiger partial charge < -0.3 is 10.6 Å². The van der Waals surface area contributed by atoms with Crippen LogP contribution < -0.4 is 5.73 Å². The van der Waals surface area contributed by atoms with E-state index in [1.165, 1.54) is 57.8 Å². The lowest BCUT2D eigenvalue weighted by Crippen LogP contribution is -2.42. The Morgan fingerprint density at radius 3 is 2.30 bits per heavy atom. The van der Waals surface area contributed by atoms with Crippen molar-refractivity contribution in [3.63, 3.8) is 0 Å². The van der Waals surface area contributed by atoms with Gasteiger partial charge in [-0.05, 0) is 38.1 Å². The summed E-state index contributed by atoms with van der Waals surface area (Å²) < 4.78 is 0. The molecule has 2 rings (SSSR count). The third-order valence-corrected chi connectivity index (χ3v) is 5.18. The summed E-state index contributed by atoms with van der Waals surface area (Å²) in [5.74, 6) is 1.22. The molecular formula is C17H32N2O. The van der Waals surface area contributed by atoms with E-state index in [2.05, 4.69) is 4.90 Å². The molecule has 0 aliphatic heterocycles. The standard InChI is InChI=1S/C17H32N2O/c18-13-6-14-19(16-9-2-1-3-10-16)17(20)12-11-15-7-4-5-8-15/h15-16H,1-14,18H2. The van der Waals surface area contributed by atoms with E-state index in [4.69, 9.17) is 5.73 Å². The lowest BCUT2D eigenvalue weighted by molar-refractivity contribution is -0.134. The van der Waals surface area contributed by atoms with Gasteiger partial charge in [0, 0.05) is 19.0 Å². The summed E-state index contributed by atoms with van der Waals surface area (Å²) in [7, 11) is 0.